The number of benzene rings is 1. The Morgan fingerprint density at radius 2 is 2.04 bits per heavy atom. The van der Waals surface area contributed by atoms with Gasteiger partial charge in [0.15, 0.2) is 5.78 Å². The summed E-state index contributed by atoms with van der Waals surface area (Å²) in [5, 5.41) is 0. The number of carbonyl (C=O) groups excluding carboxylic acids is 2. The van der Waals surface area contributed by atoms with Crippen LogP contribution in [-0.4, -0.2) is 44.6 Å². The quantitative estimate of drug-likeness (QED) is 0.601. The molecule has 1 aromatic rings. The lowest BCUT2D eigenvalue weighted by molar-refractivity contribution is -0.130. The third-order valence-electron chi connectivity index (χ3n) is 4.12. The average molecular weight is 352 g/mol. The summed E-state index contributed by atoms with van der Waals surface area (Å²) in [6, 6.07) is 5.99. The van der Waals surface area contributed by atoms with Gasteiger partial charge in [-0.3, -0.25) is 9.59 Å². The number of Topliss-reactive ketones (excluding diaryl/α,β-unsaturated/α-hetero) is 1. The van der Waals surface area contributed by atoms with E-state index in [-0.39, 0.29) is 23.1 Å². The van der Waals surface area contributed by atoms with E-state index in [1.165, 1.54) is 19.1 Å². The molecule has 1 heterocycles. The predicted molar refractivity (Wildman–Crippen MR) is 91.3 cm³/mol. The monoisotopic (exact) mass is 352 g/mol. The van der Waals surface area contributed by atoms with Crippen LogP contribution in [0.5, 0.6) is 0 Å². The smallest absolute Gasteiger partial charge is 0.240 e. The summed E-state index contributed by atoms with van der Waals surface area (Å²) in [5.41, 5.74) is 0.369. The normalized spacial score (nSPS) is 16.0. The molecule has 1 aromatic carbocycles. The molecule has 0 saturated carbocycles. The summed E-state index contributed by atoms with van der Waals surface area (Å²) < 4.78 is 27.1. The Balaban J connectivity index is 1.87. The largest absolute Gasteiger partial charge is 0.343 e. The number of hydrogen-bond acceptors (Lipinski definition) is 4. The molecule has 1 aliphatic rings. The van der Waals surface area contributed by atoms with Crippen LogP contribution in [0.15, 0.2) is 29.2 Å². The van der Waals surface area contributed by atoms with Gasteiger partial charge in [-0.15, -0.1) is 0 Å². The molecule has 1 saturated heterocycles. The third-order valence-corrected chi connectivity index (χ3v) is 5.58. The van der Waals surface area contributed by atoms with Crippen molar-refractivity contribution in [2.75, 3.05) is 19.6 Å². The zero-order chi connectivity index (χ0) is 17.6. The first-order chi connectivity index (χ1) is 11.4. The Kier molecular flexibility index (Phi) is 6.51. The predicted octanol–water partition coefficient (Wildman–Crippen LogP) is 1.96. The summed E-state index contributed by atoms with van der Waals surface area (Å²) in [6.45, 7) is 2.98. The summed E-state index contributed by atoms with van der Waals surface area (Å²) >= 11 is 0. The molecule has 1 N–H and O–H groups in total. The van der Waals surface area contributed by atoms with Gasteiger partial charge in [0.1, 0.15) is 0 Å². The van der Waals surface area contributed by atoms with Gasteiger partial charge < -0.3 is 4.90 Å². The van der Waals surface area contributed by atoms with Crippen molar-refractivity contribution in [2.45, 2.75) is 43.9 Å². The highest BCUT2D eigenvalue weighted by molar-refractivity contribution is 7.89. The van der Waals surface area contributed by atoms with Gasteiger partial charge >= 0.3 is 0 Å². The second kappa shape index (κ2) is 8.39. The number of ketones is 1. The van der Waals surface area contributed by atoms with Crippen LogP contribution < -0.4 is 4.72 Å². The van der Waals surface area contributed by atoms with Crippen LogP contribution in [0, 0.1) is 0 Å². The van der Waals surface area contributed by atoms with Crippen molar-refractivity contribution in [1.82, 2.24) is 9.62 Å². The molecule has 7 heteroatoms. The van der Waals surface area contributed by atoms with Gasteiger partial charge in [-0.05, 0) is 38.3 Å². The molecule has 24 heavy (non-hydrogen) atoms. The zero-order valence-corrected chi connectivity index (χ0v) is 14.8. The Labute approximate surface area is 143 Å². The van der Waals surface area contributed by atoms with Crippen molar-refractivity contribution >= 4 is 21.7 Å². The topological polar surface area (TPSA) is 83.6 Å². The number of hydrogen-bond donors (Lipinski definition) is 1. The first kappa shape index (κ1) is 18.6. The number of carbonyl (C=O) groups is 2. The van der Waals surface area contributed by atoms with Gasteiger partial charge in [0.25, 0.3) is 0 Å². The van der Waals surface area contributed by atoms with E-state index < -0.39 is 10.0 Å². The van der Waals surface area contributed by atoms with Crippen molar-refractivity contribution in [3.63, 3.8) is 0 Å². The highest BCUT2D eigenvalue weighted by Crippen LogP contribution is 2.13. The molecular formula is C17H24N2O4S. The molecule has 0 spiro atoms. The van der Waals surface area contributed by atoms with Crippen LogP contribution in [-0.2, 0) is 14.8 Å². The Morgan fingerprint density at radius 1 is 1.25 bits per heavy atom. The third kappa shape index (κ3) is 5.14. The lowest BCUT2D eigenvalue weighted by atomic mass is 10.2. The molecule has 132 valence electrons. The van der Waals surface area contributed by atoms with Crippen molar-refractivity contribution < 1.29 is 18.0 Å². The minimum atomic E-state index is -3.65. The Hall–Kier alpha value is -1.73. The van der Waals surface area contributed by atoms with E-state index in [0.29, 0.717) is 24.9 Å². The van der Waals surface area contributed by atoms with Gasteiger partial charge in [0.05, 0.1) is 4.90 Å². The van der Waals surface area contributed by atoms with Crippen molar-refractivity contribution in [3.05, 3.63) is 29.8 Å². The minimum absolute atomic E-state index is 0.0843. The zero-order valence-electron chi connectivity index (χ0n) is 14.0. The van der Waals surface area contributed by atoms with Crippen LogP contribution in [0.2, 0.25) is 0 Å². The van der Waals surface area contributed by atoms with E-state index in [4.69, 9.17) is 0 Å². The number of nitrogens with zero attached hydrogens (tertiary/aromatic N) is 1. The lowest BCUT2D eigenvalue weighted by Crippen LogP contribution is -2.34. The molecule has 0 aromatic heterocycles. The molecule has 1 amide bonds. The molecule has 1 aliphatic heterocycles. The molecule has 2 rings (SSSR count). The Bertz CT molecular complexity index is 700. The standard InChI is InChI=1S/C17H24N2O4S/c1-14(20)15-7-5-8-16(13-15)24(22,23)18-10-6-12-19-11-4-2-3-9-17(19)21/h5,7-8,13,18H,2-4,6,9-12H2,1H3. The van der Waals surface area contributed by atoms with Gasteiger partial charge in [0.2, 0.25) is 15.9 Å². The molecule has 6 nitrogen and oxygen atoms in total. The lowest BCUT2D eigenvalue weighted by Gasteiger charge is -2.20. The minimum Gasteiger partial charge on any atom is -0.343 e. The van der Waals surface area contributed by atoms with E-state index in [2.05, 4.69) is 4.72 Å². The maximum atomic E-state index is 12.3. The first-order valence-electron chi connectivity index (χ1n) is 8.28. The molecule has 0 radical (unpaired) electrons. The number of amides is 1. The first-order valence-corrected chi connectivity index (χ1v) is 9.77. The van der Waals surface area contributed by atoms with E-state index in [9.17, 15) is 18.0 Å². The van der Waals surface area contributed by atoms with Crippen LogP contribution >= 0.6 is 0 Å². The molecule has 0 bridgehead atoms. The number of likely N-dealkylation sites (tertiary alicyclic amines) is 1. The fourth-order valence-electron chi connectivity index (χ4n) is 2.72. The summed E-state index contributed by atoms with van der Waals surface area (Å²) in [5.74, 6) is -0.0174. The maximum Gasteiger partial charge on any atom is 0.240 e. The summed E-state index contributed by atoms with van der Waals surface area (Å²) in [4.78, 5) is 25.2. The second-order valence-electron chi connectivity index (χ2n) is 6.03. The highest BCUT2D eigenvalue weighted by atomic mass is 32.2. The van der Waals surface area contributed by atoms with Gasteiger partial charge in [0, 0.05) is 31.6 Å². The van der Waals surface area contributed by atoms with E-state index in [0.717, 1.165) is 25.8 Å². The maximum absolute atomic E-state index is 12.3. The summed E-state index contributed by atoms with van der Waals surface area (Å²) in [6.07, 6.45) is 4.17. The number of rotatable bonds is 7. The SMILES string of the molecule is CC(=O)c1cccc(S(=O)(=O)NCCCN2CCCCCC2=O)c1. The Morgan fingerprint density at radius 3 is 2.79 bits per heavy atom. The van der Waals surface area contributed by atoms with Gasteiger partial charge in [-0.2, -0.15) is 0 Å². The number of sulfonamides is 1. The van der Waals surface area contributed by atoms with Crippen molar-refractivity contribution in [3.8, 4) is 0 Å². The van der Waals surface area contributed by atoms with Crippen molar-refractivity contribution in [2.24, 2.45) is 0 Å². The molecule has 1 fully saturated rings. The fraction of sp³-hybridized carbons (Fsp3) is 0.529. The highest BCUT2D eigenvalue weighted by Gasteiger charge is 2.17. The number of nitrogens with one attached hydrogen (secondary N) is 1. The summed E-state index contributed by atoms with van der Waals surface area (Å²) in [7, 11) is -3.65. The van der Waals surface area contributed by atoms with Crippen molar-refractivity contribution in [1.29, 1.82) is 0 Å². The van der Waals surface area contributed by atoms with Gasteiger partial charge in [-0.1, -0.05) is 18.6 Å². The van der Waals surface area contributed by atoms with Gasteiger partial charge in [-0.25, -0.2) is 13.1 Å². The second-order valence-corrected chi connectivity index (χ2v) is 7.79. The molecule has 0 aliphatic carbocycles. The fourth-order valence-corrected chi connectivity index (χ4v) is 3.84. The van der Waals surface area contributed by atoms with E-state index in [1.54, 1.807) is 12.1 Å². The van der Waals surface area contributed by atoms with E-state index in [1.807, 2.05) is 4.90 Å². The average Bonchev–Trinajstić information content (AvgIpc) is 2.76. The van der Waals surface area contributed by atoms with Crippen LogP contribution in [0.1, 0.15) is 49.4 Å². The van der Waals surface area contributed by atoms with Crippen LogP contribution in [0.25, 0.3) is 0 Å². The molecular weight excluding hydrogens is 328 g/mol. The van der Waals surface area contributed by atoms with Crippen LogP contribution in [0.3, 0.4) is 0 Å². The molecule has 0 atom stereocenters. The van der Waals surface area contributed by atoms with Crippen LogP contribution in [0.4, 0.5) is 0 Å². The van der Waals surface area contributed by atoms with E-state index >= 15 is 0 Å². The molecule has 0 unspecified atom stereocenters.